The fourth-order valence-electron chi connectivity index (χ4n) is 5.00. The van der Waals surface area contributed by atoms with Crippen LogP contribution in [0.15, 0.2) is 54.1 Å². The number of ether oxygens (including phenoxy) is 2. The summed E-state index contributed by atoms with van der Waals surface area (Å²) >= 11 is 0. The molecule has 1 aliphatic carbocycles. The lowest BCUT2D eigenvalue weighted by atomic mass is 9.77. The molecule has 2 aromatic rings. The molecule has 4 atom stereocenters. The minimum absolute atomic E-state index is 0.0326. The molecule has 0 saturated carbocycles. The Balaban J connectivity index is 1.83. The van der Waals surface area contributed by atoms with Crippen molar-refractivity contribution in [2.24, 2.45) is 5.92 Å². The number of rotatable bonds is 9. The maximum atomic E-state index is 13.4. The van der Waals surface area contributed by atoms with Crippen molar-refractivity contribution in [1.29, 1.82) is 0 Å². The highest BCUT2D eigenvalue weighted by atomic mass is 16.5. The van der Waals surface area contributed by atoms with Gasteiger partial charge in [-0.15, -0.1) is 0 Å². The van der Waals surface area contributed by atoms with Crippen LogP contribution in [0.4, 0.5) is 0 Å². The van der Waals surface area contributed by atoms with Crippen molar-refractivity contribution >= 4 is 18.1 Å². The Morgan fingerprint density at radius 2 is 1.95 bits per heavy atom. The maximum Gasteiger partial charge on any atom is 0.247 e. The molecule has 3 N–H and O–H groups in total. The molecule has 196 valence electrons. The summed E-state index contributed by atoms with van der Waals surface area (Å²) in [6.07, 6.45) is 0.202. The van der Waals surface area contributed by atoms with E-state index in [1.54, 1.807) is 30.9 Å². The standard InChI is InChI=1S/C28H32N2O7/c1-16(2)28(35)30(14-17-7-5-4-6-8-17)21-13-20(27(34)29-9-10-31)23-19-11-18(15-32)12-22(36-3)25(19)37-26(23)24(21)33/h4-8,11-13,15-16,21,23-24,26,31,33H,9-10,14H2,1-3H3,(H,29,34)/t21-,23+,24+,26+/m1/s1. The first kappa shape index (κ1) is 26.4. The van der Waals surface area contributed by atoms with Crippen molar-refractivity contribution < 1.29 is 34.1 Å². The monoisotopic (exact) mass is 508 g/mol. The molecule has 2 aliphatic rings. The minimum Gasteiger partial charge on any atom is -0.493 e. The van der Waals surface area contributed by atoms with Crippen molar-refractivity contribution in [2.75, 3.05) is 20.3 Å². The number of hydrogen-bond acceptors (Lipinski definition) is 7. The number of carbonyl (C=O) groups is 3. The molecule has 0 bridgehead atoms. The lowest BCUT2D eigenvalue weighted by Gasteiger charge is -2.41. The normalized spacial score (nSPS) is 21.8. The Kier molecular flexibility index (Phi) is 7.94. The Bertz CT molecular complexity index is 1190. The van der Waals surface area contributed by atoms with E-state index < -0.39 is 30.1 Å². The first-order chi connectivity index (χ1) is 17.8. The van der Waals surface area contributed by atoms with Gasteiger partial charge in [0.1, 0.15) is 18.5 Å². The largest absolute Gasteiger partial charge is 0.493 e. The highest BCUT2D eigenvalue weighted by Gasteiger charge is 2.51. The highest BCUT2D eigenvalue weighted by Crippen LogP contribution is 2.51. The number of fused-ring (bicyclic) bond motifs is 3. The fraction of sp³-hybridized carbons (Fsp3) is 0.393. The van der Waals surface area contributed by atoms with E-state index in [9.17, 15) is 24.6 Å². The van der Waals surface area contributed by atoms with Crippen LogP contribution in [-0.4, -0.2) is 71.7 Å². The van der Waals surface area contributed by atoms with Gasteiger partial charge in [-0.25, -0.2) is 0 Å². The summed E-state index contributed by atoms with van der Waals surface area (Å²) in [6, 6.07) is 11.7. The van der Waals surface area contributed by atoms with E-state index in [0.29, 0.717) is 28.9 Å². The molecule has 1 aliphatic heterocycles. The zero-order chi connectivity index (χ0) is 26.7. The Hall–Kier alpha value is -3.69. The van der Waals surface area contributed by atoms with E-state index in [2.05, 4.69) is 5.32 Å². The topological polar surface area (TPSA) is 125 Å². The number of amides is 2. The third-order valence-electron chi connectivity index (χ3n) is 6.74. The molecule has 0 radical (unpaired) electrons. The zero-order valence-corrected chi connectivity index (χ0v) is 21.1. The fourth-order valence-corrected chi connectivity index (χ4v) is 5.00. The van der Waals surface area contributed by atoms with Crippen LogP contribution in [0.5, 0.6) is 11.5 Å². The maximum absolute atomic E-state index is 13.4. The smallest absolute Gasteiger partial charge is 0.247 e. The van der Waals surface area contributed by atoms with Crippen molar-refractivity contribution in [2.45, 2.75) is 44.6 Å². The predicted octanol–water partition coefficient (Wildman–Crippen LogP) is 1.82. The first-order valence-electron chi connectivity index (χ1n) is 12.3. The van der Waals surface area contributed by atoms with Gasteiger partial charge in [0.05, 0.1) is 25.7 Å². The lowest BCUT2D eigenvalue weighted by Crippen LogP contribution is -2.56. The molecule has 0 spiro atoms. The van der Waals surface area contributed by atoms with Crippen molar-refractivity contribution in [3.8, 4) is 11.5 Å². The van der Waals surface area contributed by atoms with Crippen molar-refractivity contribution in [1.82, 2.24) is 10.2 Å². The molecule has 9 nitrogen and oxygen atoms in total. The number of aldehydes is 1. The molecule has 0 fully saturated rings. The highest BCUT2D eigenvalue weighted by molar-refractivity contribution is 5.96. The summed E-state index contributed by atoms with van der Waals surface area (Å²) < 4.78 is 11.6. The number of carbonyl (C=O) groups excluding carboxylic acids is 3. The minimum atomic E-state index is -1.18. The number of methoxy groups -OCH3 is 1. The van der Waals surface area contributed by atoms with Gasteiger partial charge < -0.3 is 29.9 Å². The molecule has 2 amide bonds. The third-order valence-corrected chi connectivity index (χ3v) is 6.74. The molecule has 0 saturated heterocycles. The van der Waals surface area contributed by atoms with Crippen LogP contribution in [0.25, 0.3) is 0 Å². The number of nitrogens with one attached hydrogen (secondary N) is 1. The van der Waals surface area contributed by atoms with Gasteiger partial charge in [0.2, 0.25) is 11.8 Å². The molecule has 0 aromatic heterocycles. The van der Waals surface area contributed by atoms with Crippen molar-refractivity contribution in [3.63, 3.8) is 0 Å². The summed E-state index contributed by atoms with van der Waals surface area (Å²) in [6.45, 7) is 3.58. The molecular weight excluding hydrogens is 476 g/mol. The van der Waals surface area contributed by atoms with E-state index >= 15 is 0 Å². The molecular formula is C28H32N2O7. The number of nitrogens with zero attached hydrogens (tertiary/aromatic N) is 1. The van der Waals surface area contributed by atoms with Crippen LogP contribution in [-0.2, 0) is 16.1 Å². The Morgan fingerprint density at radius 3 is 2.57 bits per heavy atom. The average Bonchev–Trinajstić information content (AvgIpc) is 3.30. The van der Waals surface area contributed by atoms with Crippen LogP contribution in [0, 0.1) is 5.92 Å². The Labute approximate surface area is 215 Å². The van der Waals surface area contributed by atoms with E-state index in [0.717, 1.165) is 5.56 Å². The van der Waals surface area contributed by atoms with Gasteiger partial charge in [-0.3, -0.25) is 14.4 Å². The molecule has 9 heteroatoms. The van der Waals surface area contributed by atoms with E-state index in [-0.39, 0.29) is 37.1 Å². The van der Waals surface area contributed by atoms with Crippen LogP contribution in [0.1, 0.15) is 41.3 Å². The molecule has 2 aromatic carbocycles. The quantitative estimate of drug-likeness (QED) is 0.441. The van der Waals surface area contributed by atoms with Gasteiger partial charge in [-0.2, -0.15) is 0 Å². The van der Waals surface area contributed by atoms with Crippen LogP contribution in [0.3, 0.4) is 0 Å². The zero-order valence-electron chi connectivity index (χ0n) is 21.1. The summed E-state index contributed by atoms with van der Waals surface area (Å²) in [5.41, 5.74) is 2.04. The summed E-state index contributed by atoms with van der Waals surface area (Å²) in [7, 11) is 1.45. The second kappa shape index (κ2) is 11.1. The molecule has 1 heterocycles. The summed E-state index contributed by atoms with van der Waals surface area (Å²) in [5.74, 6) is -1.05. The van der Waals surface area contributed by atoms with E-state index in [4.69, 9.17) is 9.47 Å². The van der Waals surface area contributed by atoms with E-state index in [1.807, 2.05) is 30.3 Å². The summed E-state index contributed by atoms with van der Waals surface area (Å²) in [5, 5.41) is 23.6. The van der Waals surface area contributed by atoms with Crippen LogP contribution < -0.4 is 14.8 Å². The van der Waals surface area contributed by atoms with Gasteiger partial charge in [0.25, 0.3) is 0 Å². The van der Waals surface area contributed by atoms with Gasteiger partial charge in [-0.1, -0.05) is 44.2 Å². The predicted molar refractivity (Wildman–Crippen MR) is 135 cm³/mol. The second-order valence-electron chi connectivity index (χ2n) is 9.51. The Morgan fingerprint density at radius 1 is 1.22 bits per heavy atom. The van der Waals surface area contributed by atoms with E-state index in [1.165, 1.54) is 13.2 Å². The number of benzene rings is 2. The summed E-state index contributed by atoms with van der Waals surface area (Å²) in [4.78, 5) is 39.9. The second-order valence-corrected chi connectivity index (χ2v) is 9.51. The van der Waals surface area contributed by atoms with Crippen LogP contribution >= 0.6 is 0 Å². The van der Waals surface area contributed by atoms with Gasteiger partial charge in [0, 0.05) is 35.7 Å². The third kappa shape index (κ3) is 5.10. The average molecular weight is 509 g/mol. The van der Waals surface area contributed by atoms with Crippen molar-refractivity contribution in [3.05, 3.63) is 70.8 Å². The van der Waals surface area contributed by atoms with Crippen LogP contribution in [0.2, 0.25) is 0 Å². The lowest BCUT2D eigenvalue weighted by molar-refractivity contribution is -0.141. The SMILES string of the molecule is COc1cc(C=O)cc2c1O[C@@H]1[C@@H](O)[C@H](N(Cc3ccccc3)C(=O)C(C)C)C=C(C(=O)NCCO)[C@H]21. The van der Waals surface area contributed by atoms with Gasteiger partial charge in [0.15, 0.2) is 11.5 Å². The number of aliphatic hydroxyl groups excluding tert-OH is 2. The molecule has 37 heavy (non-hydrogen) atoms. The van der Waals surface area contributed by atoms with Gasteiger partial charge in [-0.05, 0) is 23.8 Å². The number of hydrogen-bond donors (Lipinski definition) is 3. The molecule has 0 unspecified atom stereocenters. The molecule has 4 rings (SSSR count). The van der Waals surface area contributed by atoms with Gasteiger partial charge >= 0.3 is 0 Å². The first-order valence-corrected chi connectivity index (χ1v) is 12.3. The number of aliphatic hydroxyl groups is 2.